The van der Waals surface area contributed by atoms with Crippen molar-refractivity contribution in [3.05, 3.63) is 18.2 Å². The van der Waals surface area contributed by atoms with Gasteiger partial charge in [0.05, 0.1) is 24.9 Å². The summed E-state index contributed by atoms with van der Waals surface area (Å²) in [6.07, 6.45) is 7.44. The zero-order valence-corrected chi connectivity index (χ0v) is 14.6. The quantitative estimate of drug-likeness (QED) is 0.828. The van der Waals surface area contributed by atoms with Crippen molar-refractivity contribution in [2.75, 3.05) is 37.7 Å². The number of fused-ring (bicyclic) bond motifs is 1. The van der Waals surface area contributed by atoms with E-state index in [0.29, 0.717) is 6.42 Å². The molecule has 1 unspecified atom stereocenters. The summed E-state index contributed by atoms with van der Waals surface area (Å²) in [6.45, 7) is 5.65. The van der Waals surface area contributed by atoms with E-state index >= 15 is 0 Å². The number of carbonyl (C=O) groups excluding carboxylic acids is 1. The van der Waals surface area contributed by atoms with E-state index < -0.39 is 0 Å². The van der Waals surface area contributed by atoms with Gasteiger partial charge in [-0.1, -0.05) is 0 Å². The zero-order valence-electron chi connectivity index (χ0n) is 14.6. The Morgan fingerprint density at radius 1 is 1.24 bits per heavy atom. The molecule has 2 aromatic heterocycles. The number of amides is 1. The molecule has 25 heavy (non-hydrogen) atoms. The first-order valence-electron chi connectivity index (χ1n) is 9.02. The summed E-state index contributed by atoms with van der Waals surface area (Å²) in [5.41, 5.74) is 0.753. The summed E-state index contributed by atoms with van der Waals surface area (Å²) < 4.78 is 7.52. The van der Waals surface area contributed by atoms with Crippen LogP contribution in [0.2, 0.25) is 0 Å². The average Bonchev–Trinajstić information content (AvgIpc) is 3.03. The molecule has 2 saturated heterocycles. The second kappa shape index (κ2) is 6.95. The maximum absolute atomic E-state index is 12.5. The van der Waals surface area contributed by atoms with Crippen molar-refractivity contribution in [1.29, 1.82) is 0 Å². The minimum Gasteiger partial charge on any atom is -0.378 e. The molecule has 8 nitrogen and oxygen atoms in total. The van der Waals surface area contributed by atoms with Crippen molar-refractivity contribution < 1.29 is 9.53 Å². The number of aromatic nitrogens is 4. The Bertz CT molecular complexity index is 747. The van der Waals surface area contributed by atoms with Crippen molar-refractivity contribution in [3.8, 4) is 0 Å². The van der Waals surface area contributed by atoms with Gasteiger partial charge in [-0.2, -0.15) is 4.52 Å². The molecule has 0 radical (unpaired) electrons. The molecule has 2 aromatic rings. The second-order valence-electron chi connectivity index (χ2n) is 6.76. The third kappa shape index (κ3) is 3.44. The van der Waals surface area contributed by atoms with Gasteiger partial charge in [0, 0.05) is 32.8 Å². The highest BCUT2D eigenvalue weighted by Crippen LogP contribution is 2.19. The Labute approximate surface area is 146 Å². The minimum absolute atomic E-state index is 0.107. The molecule has 134 valence electrons. The number of piperazine rings is 1. The minimum atomic E-state index is 0.107. The summed E-state index contributed by atoms with van der Waals surface area (Å²) in [5.74, 6) is 1.87. The summed E-state index contributed by atoms with van der Waals surface area (Å²) in [7, 11) is 0. The predicted octanol–water partition coefficient (Wildman–Crippen LogP) is 1.04. The van der Waals surface area contributed by atoms with Crippen LogP contribution in [0.15, 0.2) is 12.4 Å². The van der Waals surface area contributed by atoms with Crippen LogP contribution in [-0.2, 0) is 9.53 Å². The number of anilines is 1. The lowest BCUT2D eigenvalue weighted by atomic mass is 10.1. The van der Waals surface area contributed by atoms with Crippen LogP contribution in [0.4, 0.5) is 5.82 Å². The lowest BCUT2D eigenvalue weighted by Gasteiger charge is -2.36. The first-order valence-corrected chi connectivity index (χ1v) is 9.02. The molecule has 1 amide bonds. The summed E-state index contributed by atoms with van der Waals surface area (Å²) >= 11 is 0. The molecule has 0 N–H and O–H groups in total. The number of aryl methyl sites for hydroxylation is 1. The zero-order chi connectivity index (χ0) is 17.2. The molecule has 0 aromatic carbocycles. The molecule has 0 saturated carbocycles. The third-order valence-corrected chi connectivity index (χ3v) is 4.97. The Morgan fingerprint density at radius 2 is 2.08 bits per heavy atom. The maximum atomic E-state index is 12.5. The molecule has 0 spiro atoms. The molecular formula is C17H24N6O2. The molecule has 0 bridgehead atoms. The van der Waals surface area contributed by atoms with Crippen LogP contribution in [0, 0.1) is 6.92 Å². The van der Waals surface area contributed by atoms with Gasteiger partial charge in [-0.05, 0) is 26.2 Å². The van der Waals surface area contributed by atoms with E-state index in [1.165, 1.54) is 6.42 Å². The van der Waals surface area contributed by atoms with Gasteiger partial charge in [0.25, 0.3) is 0 Å². The fraction of sp³-hybridized carbons (Fsp3) is 0.647. The van der Waals surface area contributed by atoms with E-state index in [-0.39, 0.29) is 12.0 Å². The van der Waals surface area contributed by atoms with Crippen LogP contribution in [-0.4, -0.2) is 69.3 Å². The SMILES string of the molecule is Cc1nc2cncc(N3CCN(C(=O)CC4CCCCO4)CC3)n2n1. The van der Waals surface area contributed by atoms with Gasteiger partial charge in [-0.15, -0.1) is 5.10 Å². The standard InChI is InChI=1S/C17H24N6O2/c1-13-19-15-11-18-12-16(23(15)20-13)21-5-7-22(8-6-21)17(24)10-14-4-2-3-9-25-14/h11-12,14H,2-10H2,1H3. The summed E-state index contributed by atoms with van der Waals surface area (Å²) in [5, 5.41) is 4.45. The number of ether oxygens (including phenoxy) is 1. The van der Waals surface area contributed by atoms with Gasteiger partial charge in [0.15, 0.2) is 11.5 Å². The van der Waals surface area contributed by atoms with Crippen LogP contribution < -0.4 is 4.90 Å². The van der Waals surface area contributed by atoms with Gasteiger partial charge in [0.1, 0.15) is 5.82 Å². The van der Waals surface area contributed by atoms with E-state index in [1.807, 2.05) is 22.5 Å². The Hall–Kier alpha value is -2.22. The number of hydrogen-bond acceptors (Lipinski definition) is 6. The fourth-order valence-corrected chi connectivity index (χ4v) is 3.60. The van der Waals surface area contributed by atoms with Gasteiger partial charge >= 0.3 is 0 Å². The number of nitrogens with zero attached hydrogens (tertiary/aromatic N) is 6. The number of carbonyl (C=O) groups is 1. The van der Waals surface area contributed by atoms with Gasteiger partial charge in [0.2, 0.25) is 5.91 Å². The lowest BCUT2D eigenvalue weighted by Crippen LogP contribution is -2.50. The van der Waals surface area contributed by atoms with Crippen LogP contribution in [0.25, 0.3) is 5.65 Å². The number of rotatable bonds is 3. The fourth-order valence-electron chi connectivity index (χ4n) is 3.60. The van der Waals surface area contributed by atoms with E-state index in [4.69, 9.17) is 4.74 Å². The van der Waals surface area contributed by atoms with Crippen molar-refractivity contribution in [2.45, 2.75) is 38.7 Å². The van der Waals surface area contributed by atoms with Crippen molar-refractivity contribution >= 4 is 17.4 Å². The van der Waals surface area contributed by atoms with Crippen molar-refractivity contribution in [2.24, 2.45) is 0 Å². The summed E-state index contributed by atoms with van der Waals surface area (Å²) in [4.78, 5) is 25.3. The van der Waals surface area contributed by atoms with E-state index in [0.717, 1.165) is 62.9 Å². The molecule has 8 heteroatoms. The molecule has 4 rings (SSSR count). The molecule has 2 aliphatic rings. The van der Waals surface area contributed by atoms with Crippen molar-refractivity contribution in [3.63, 3.8) is 0 Å². The maximum Gasteiger partial charge on any atom is 0.225 e. The van der Waals surface area contributed by atoms with Crippen molar-refractivity contribution in [1.82, 2.24) is 24.5 Å². The topological polar surface area (TPSA) is 75.9 Å². The molecule has 2 fully saturated rings. The molecular weight excluding hydrogens is 320 g/mol. The Kier molecular flexibility index (Phi) is 4.52. The predicted molar refractivity (Wildman–Crippen MR) is 92.5 cm³/mol. The number of hydrogen-bond donors (Lipinski definition) is 0. The van der Waals surface area contributed by atoms with Crippen LogP contribution >= 0.6 is 0 Å². The lowest BCUT2D eigenvalue weighted by molar-refractivity contribution is -0.135. The molecule has 4 heterocycles. The molecule has 0 aliphatic carbocycles. The van der Waals surface area contributed by atoms with Gasteiger partial charge in [-0.3, -0.25) is 9.78 Å². The largest absolute Gasteiger partial charge is 0.378 e. The first kappa shape index (κ1) is 16.3. The normalized spacial score (nSPS) is 21.7. The van der Waals surface area contributed by atoms with Crippen LogP contribution in [0.3, 0.4) is 0 Å². The highest BCUT2D eigenvalue weighted by atomic mass is 16.5. The monoisotopic (exact) mass is 344 g/mol. The van der Waals surface area contributed by atoms with Crippen LogP contribution in [0.1, 0.15) is 31.5 Å². The first-order chi connectivity index (χ1) is 12.2. The molecule has 2 aliphatic heterocycles. The van der Waals surface area contributed by atoms with Crippen LogP contribution in [0.5, 0.6) is 0 Å². The second-order valence-corrected chi connectivity index (χ2v) is 6.76. The third-order valence-electron chi connectivity index (χ3n) is 4.97. The Balaban J connectivity index is 1.38. The summed E-state index contributed by atoms with van der Waals surface area (Å²) in [6, 6.07) is 0. The smallest absolute Gasteiger partial charge is 0.225 e. The van der Waals surface area contributed by atoms with E-state index in [2.05, 4.69) is 20.0 Å². The van der Waals surface area contributed by atoms with E-state index in [9.17, 15) is 4.79 Å². The van der Waals surface area contributed by atoms with E-state index in [1.54, 1.807) is 6.20 Å². The average molecular weight is 344 g/mol. The van der Waals surface area contributed by atoms with Gasteiger partial charge in [-0.25, -0.2) is 4.98 Å². The highest BCUT2D eigenvalue weighted by Gasteiger charge is 2.26. The van der Waals surface area contributed by atoms with Gasteiger partial charge < -0.3 is 14.5 Å². The Morgan fingerprint density at radius 3 is 2.84 bits per heavy atom. The highest BCUT2D eigenvalue weighted by molar-refractivity contribution is 5.77. The molecule has 1 atom stereocenters.